The van der Waals surface area contributed by atoms with Crippen molar-refractivity contribution in [2.45, 2.75) is 18.2 Å². The highest BCUT2D eigenvalue weighted by Gasteiger charge is 2.12. The molecule has 0 spiro atoms. The van der Waals surface area contributed by atoms with Gasteiger partial charge >= 0.3 is 0 Å². The van der Waals surface area contributed by atoms with Crippen LogP contribution in [-0.4, -0.2) is 7.11 Å². The second-order valence-electron chi connectivity index (χ2n) is 4.52. The van der Waals surface area contributed by atoms with Crippen LogP contribution in [0.15, 0.2) is 42.5 Å². The molecule has 0 bridgehead atoms. The number of alkyl halides is 1. The summed E-state index contributed by atoms with van der Waals surface area (Å²) in [5, 5.41) is 0. The first-order chi connectivity index (χ1) is 9.10. The fraction of sp³-hybridized carbons (Fsp3) is 0.250. The van der Waals surface area contributed by atoms with E-state index in [-0.39, 0.29) is 10.6 Å². The van der Waals surface area contributed by atoms with E-state index in [0.717, 1.165) is 23.3 Å². The number of aryl methyl sites for hydroxylation is 1. The molecule has 0 aromatic heterocycles. The zero-order valence-corrected chi connectivity index (χ0v) is 12.6. The molecule has 0 N–H and O–H groups in total. The molecule has 0 aliphatic carbocycles. The van der Waals surface area contributed by atoms with Crippen LogP contribution in [0.1, 0.15) is 21.5 Å². The van der Waals surface area contributed by atoms with E-state index in [0.29, 0.717) is 0 Å². The molecule has 3 heteroatoms. The van der Waals surface area contributed by atoms with Gasteiger partial charge in [0.1, 0.15) is 11.6 Å². The van der Waals surface area contributed by atoms with Gasteiger partial charge in [0.25, 0.3) is 0 Å². The molecule has 2 rings (SSSR count). The van der Waals surface area contributed by atoms with E-state index < -0.39 is 0 Å². The second-order valence-corrected chi connectivity index (χ2v) is 5.63. The smallest absolute Gasteiger partial charge is 0.123 e. The van der Waals surface area contributed by atoms with Gasteiger partial charge in [0.05, 0.1) is 7.11 Å². The van der Waals surface area contributed by atoms with Crippen molar-refractivity contribution in [2.75, 3.05) is 7.11 Å². The van der Waals surface area contributed by atoms with Gasteiger partial charge in [-0.05, 0) is 54.3 Å². The molecule has 0 aliphatic rings. The van der Waals surface area contributed by atoms with Crippen LogP contribution in [0.25, 0.3) is 0 Å². The van der Waals surface area contributed by atoms with Crippen molar-refractivity contribution in [3.63, 3.8) is 0 Å². The van der Waals surface area contributed by atoms with Crippen molar-refractivity contribution in [2.24, 2.45) is 0 Å². The van der Waals surface area contributed by atoms with E-state index in [2.05, 4.69) is 22.9 Å². The Morgan fingerprint density at radius 3 is 2.63 bits per heavy atom. The molecule has 0 aliphatic heterocycles. The molecule has 2 aromatic rings. The molecular weight excluding hydrogens is 307 g/mol. The molecule has 0 fully saturated rings. The van der Waals surface area contributed by atoms with Gasteiger partial charge in [-0.1, -0.05) is 34.1 Å². The van der Waals surface area contributed by atoms with Crippen LogP contribution < -0.4 is 4.74 Å². The zero-order valence-electron chi connectivity index (χ0n) is 11.0. The van der Waals surface area contributed by atoms with Crippen molar-refractivity contribution >= 4 is 15.9 Å². The summed E-state index contributed by atoms with van der Waals surface area (Å²) in [6.45, 7) is 2.05. The van der Waals surface area contributed by atoms with Crippen molar-refractivity contribution in [3.8, 4) is 5.75 Å². The van der Waals surface area contributed by atoms with Gasteiger partial charge in [-0.2, -0.15) is 0 Å². The molecule has 0 saturated heterocycles. The number of hydrogen-bond acceptors (Lipinski definition) is 1. The molecular formula is C16H16BrFO. The summed E-state index contributed by atoms with van der Waals surface area (Å²) in [5.74, 6) is 0.662. The topological polar surface area (TPSA) is 9.23 Å². The number of hydrogen-bond donors (Lipinski definition) is 0. The quantitative estimate of drug-likeness (QED) is 0.733. The molecule has 0 radical (unpaired) electrons. The van der Waals surface area contributed by atoms with Gasteiger partial charge in [0.15, 0.2) is 0 Å². The summed E-state index contributed by atoms with van der Waals surface area (Å²) >= 11 is 3.68. The lowest BCUT2D eigenvalue weighted by atomic mass is 10.00. The maximum atomic E-state index is 13.2. The zero-order chi connectivity index (χ0) is 13.8. The molecule has 2 aromatic carbocycles. The van der Waals surface area contributed by atoms with Crippen LogP contribution in [-0.2, 0) is 6.42 Å². The van der Waals surface area contributed by atoms with Gasteiger partial charge in [-0.25, -0.2) is 4.39 Å². The summed E-state index contributed by atoms with van der Waals surface area (Å²) in [6, 6.07) is 12.7. The van der Waals surface area contributed by atoms with E-state index in [4.69, 9.17) is 4.74 Å². The molecule has 0 amide bonds. The van der Waals surface area contributed by atoms with Crippen LogP contribution in [0.2, 0.25) is 0 Å². The predicted molar refractivity (Wildman–Crippen MR) is 79.5 cm³/mol. The van der Waals surface area contributed by atoms with Crippen molar-refractivity contribution < 1.29 is 9.13 Å². The van der Waals surface area contributed by atoms with Crippen molar-refractivity contribution in [1.82, 2.24) is 0 Å². The normalized spacial score (nSPS) is 12.2. The second kappa shape index (κ2) is 6.20. The third-order valence-corrected chi connectivity index (χ3v) is 3.94. The highest BCUT2D eigenvalue weighted by atomic mass is 79.9. The van der Waals surface area contributed by atoms with E-state index in [1.54, 1.807) is 19.2 Å². The predicted octanol–water partition coefficient (Wildman–Crippen LogP) is 4.82. The van der Waals surface area contributed by atoms with Gasteiger partial charge < -0.3 is 4.74 Å². The summed E-state index contributed by atoms with van der Waals surface area (Å²) < 4.78 is 18.4. The molecule has 100 valence electrons. The van der Waals surface area contributed by atoms with Crippen LogP contribution in [0.4, 0.5) is 4.39 Å². The average molecular weight is 323 g/mol. The van der Waals surface area contributed by atoms with Gasteiger partial charge in [0, 0.05) is 4.83 Å². The largest absolute Gasteiger partial charge is 0.497 e. The van der Waals surface area contributed by atoms with Crippen LogP contribution in [0.3, 0.4) is 0 Å². The first-order valence-electron chi connectivity index (χ1n) is 6.13. The fourth-order valence-electron chi connectivity index (χ4n) is 2.11. The average Bonchev–Trinajstić information content (AvgIpc) is 2.38. The van der Waals surface area contributed by atoms with Crippen LogP contribution >= 0.6 is 15.9 Å². The Morgan fingerprint density at radius 2 is 2.00 bits per heavy atom. The standard InChI is InChI=1S/C16H16BrFO/c1-11-8-14(19-2)6-7-15(11)16(17)10-12-4-3-5-13(18)9-12/h3-9,16H,10H2,1-2H3. The summed E-state index contributed by atoms with van der Waals surface area (Å²) in [5.41, 5.74) is 3.35. The molecule has 0 saturated carbocycles. The lowest BCUT2D eigenvalue weighted by Gasteiger charge is -2.14. The third-order valence-electron chi connectivity index (χ3n) is 3.12. The van der Waals surface area contributed by atoms with E-state index in [1.165, 1.54) is 11.6 Å². The Labute approximate surface area is 121 Å². The van der Waals surface area contributed by atoms with Gasteiger partial charge in [-0.3, -0.25) is 0 Å². The lowest BCUT2D eigenvalue weighted by molar-refractivity contribution is 0.414. The van der Waals surface area contributed by atoms with Crippen molar-refractivity contribution in [1.29, 1.82) is 0 Å². The van der Waals surface area contributed by atoms with E-state index >= 15 is 0 Å². The van der Waals surface area contributed by atoms with Crippen LogP contribution in [0.5, 0.6) is 5.75 Å². The Bertz CT molecular complexity index is 568. The minimum atomic E-state index is -0.191. The van der Waals surface area contributed by atoms with Gasteiger partial charge in [0.2, 0.25) is 0 Å². The Hall–Kier alpha value is -1.35. The fourth-order valence-corrected chi connectivity index (χ4v) is 2.99. The Morgan fingerprint density at radius 1 is 1.21 bits per heavy atom. The maximum absolute atomic E-state index is 13.2. The maximum Gasteiger partial charge on any atom is 0.123 e. The van der Waals surface area contributed by atoms with Crippen molar-refractivity contribution in [3.05, 3.63) is 65.0 Å². The lowest BCUT2D eigenvalue weighted by Crippen LogP contribution is -1.99. The van der Waals surface area contributed by atoms with Crippen LogP contribution in [0, 0.1) is 12.7 Å². The first kappa shape index (κ1) is 14.1. The number of rotatable bonds is 4. The molecule has 1 nitrogen and oxygen atoms in total. The number of methoxy groups -OCH3 is 1. The number of halogens is 2. The van der Waals surface area contributed by atoms with Gasteiger partial charge in [-0.15, -0.1) is 0 Å². The summed E-state index contributed by atoms with van der Waals surface area (Å²) in [6.07, 6.45) is 0.755. The monoisotopic (exact) mass is 322 g/mol. The minimum Gasteiger partial charge on any atom is -0.497 e. The first-order valence-corrected chi connectivity index (χ1v) is 7.05. The summed E-state index contributed by atoms with van der Waals surface area (Å²) in [4.78, 5) is 0.167. The minimum absolute atomic E-state index is 0.167. The number of benzene rings is 2. The number of ether oxygens (including phenoxy) is 1. The third kappa shape index (κ3) is 3.57. The SMILES string of the molecule is COc1ccc(C(Br)Cc2cccc(F)c2)c(C)c1. The van der Waals surface area contributed by atoms with E-state index in [1.807, 2.05) is 24.3 Å². The highest BCUT2D eigenvalue weighted by molar-refractivity contribution is 9.09. The highest BCUT2D eigenvalue weighted by Crippen LogP contribution is 2.31. The molecule has 1 unspecified atom stereocenters. The molecule has 0 heterocycles. The molecule has 19 heavy (non-hydrogen) atoms. The molecule has 1 atom stereocenters. The Balaban J connectivity index is 2.18. The van der Waals surface area contributed by atoms with E-state index in [9.17, 15) is 4.39 Å². The summed E-state index contributed by atoms with van der Waals surface area (Å²) in [7, 11) is 1.66. The Kier molecular flexibility index (Phi) is 4.59.